The molecule has 0 unspecified atom stereocenters. The fraction of sp³-hybridized carbons (Fsp3) is 0.333. The van der Waals surface area contributed by atoms with Crippen LogP contribution in [0.5, 0.6) is 5.75 Å². The lowest BCUT2D eigenvalue weighted by Crippen LogP contribution is -2.12. The van der Waals surface area contributed by atoms with Gasteiger partial charge in [-0.05, 0) is 36.6 Å². The number of benzene rings is 1. The number of ether oxygens (including phenoxy) is 2. The van der Waals surface area contributed by atoms with Crippen molar-refractivity contribution in [3.05, 3.63) is 30.5 Å². The van der Waals surface area contributed by atoms with Gasteiger partial charge < -0.3 is 14.8 Å². The van der Waals surface area contributed by atoms with E-state index in [2.05, 4.69) is 10.3 Å². The van der Waals surface area contributed by atoms with Crippen LogP contribution in [0.15, 0.2) is 30.5 Å². The second-order valence-corrected chi connectivity index (χ2v) is 4.23. The highest BCUT2D eigenvalue weighted by atomic mass is 16.5. The van der Waals surface area contributed by atoms with E-state index in [4.69, 9.17) is 9.47 Å². The van der Waals surface area contributed by atoms with E-state index in [1.165, 1.54) is 0 Å². The molecule has 0 atom stereocenters. The molecule has 5 nitrogen and oxygen atoms in total. The number of carbonyl (C=O) groups is 1. The average Bonchev–Trinajstić information content (AvgIpc) is 2.47. The van der Waals surface area contributed by atoms with Gasteiger partial charge in [-0.25, -0.2) is 4.98 Å². The number of nitrogens with one attached hydrogen (secondary N) is 1. The molecule has 0 bridgehead atoms. The molecule has 0 amide bonds. The molecular formula is C15H18N2O3. The molecule has 0 saturated heterocycles. The lowest BCUT2D eigenvalue weighted by molar-refractivity contribution is -0.142. The summed E-state index contributed by atoms with van der Waals surface area (Å²) < 4.78 is 10.1. The molecule has 1 heterocycles. The highest BCUT2D eigenvalue weighted by Gasteiger charge is 2.05. The van der Waals surface area contributed by atoms with E-state index in [1.807, 2.05) is 24.3 Å². The number of methoxy groups -OCH3 is 1. The van der Waals surface area contributed by atoms with Gasteiger partial charge in [0, 0.05) is 18.1 Å². The Hall–Kier alpha value is -2.30. The molecule has 0 aliphatic heterocycles. The van der Waals surface area contributed by atoms with Crippen LogP contribution in [0.3, 0.4) is 0 Å². The van der Waals surface area contributed by atoms with E-state index in [0.29, 0.717) is 19.6 Å². The highest BCUT2D eigenvalue weighted by molar-refractivity contribution is 5.92. The van der Waals surface area contributed by atoms with Crippen molar-refractivity contribution in [2.75, 3.05) is 25.6 Å². The standard InChI is InChI=1S/C15H18N2O3/c1-3-20-14(18)7-9-17-15-13-5-4-12(19-2)10-11(13)6-8-16-15/h4-6,8,10H,3,7,9H2,1-2H3,(H,16,17). The molecule has 20 heavy (non-hydrogen) atoms. The van der Waals surface area contributed by atoms with Gasteiger partial charge >= 0.3 is 5.97 Å². The number of fused-ring (bicyclic) bond motifs is 1. The highest BCUT2D eigenvalue weighted by Crippen LogP contribution is 2.25. The van der Waals surface area contributed by atoms with Crippen molar-refractivity contribution in [1.82, 2.24) is 4.98 Å². The topological polar surface area (TPSA) is 60.5 Å². The molecule has 2 rings (SSSR count). The molecule has 106 valence electrons. The average molecular weight is 274 g/mol. The van der Waals surface area contributed by atoms with Crippen LogP contribution in [0.1, 0.15) is 13.3 Å². The fourth-order valence-electron chi connectivity index (χ4n) is 1.94. The molecule has 1 aromatic heterocycles. The minimum absolute atomic E-state index is 0.207. The normalized spacial score (nSPS) is 10.3. The maximum atomic E-state index is 11.3. The van der Waals surface area contributed by atoms with Crippen LogP contribution in [0.4, 0.5) is 5.82 Å². The van der Waals surface area contributed by atoms with Crippen LogP contribution < -0.4 is 10.1 Å². The third kappa shape index (κ3) is 3.38. The minimum Gasteiger partial charge on any atom is -0.497 e. The Morgan fingerprint density at radius 1 is 1.35 bits per heavy atom. The molecular weight excluding hydrogens is 256 g/mol. The summed E-state index contributed by atoms with van der Waals surface area (Å²) in [5.74, 6) is 1.36. The smallest absolute Gasteiger partial charge is 0.307 e. The van der Waals surface area contributed by atoms with Crippen molar-refractivity contribution in [3.63, 3.8) is 0 Å². The molecule has 0 radical (unpaired) electrons. The first-order valence-corrected chi connectivity index (χ1v) is 6.57. The zero-order valence-electron chi connectivity index (χ0n) is 11.7. The van der Waals surface area contributed by atoms with Crippen molar-refractivity contribution in [2.24, 2.45) is 0 Å². The Morgan fingerprint density at radius 3 is 2.95 bits per heavy atom. The summed E-state index contributed by atoms with van der Waals surface area (Å²) in [6.07, 6.45) is 2.05. The summed E-state index contributed by atoms with van der Waals surface area (Å²) in [5, 5.41) is 5.20. The van der Waals surface area contributed by atoms with E-state index >= 15 is 0 Å². The summed E-state index contributed by atoms with van der Waals surface area (Å²) in [4.78, 5) is 15.6. The Balaban J connectivity index is 2.08. The molecule has 0 aliphatic carbocycles. The largest absolute Gasteiger partial charge is 0.497 e. The summed E-state index contributed by atoms with van der Waals surface area (Å²) in [5.41, 5.74) is 0. The van der Waals surface area contributed by atoms with Gasteiger partial charge in [-0.3, -0.25) is 4.79 Å². The van der Waals surface area contributed by atoms with E-state index in [-0.39, 0.29) is 5.97 Å². The van der Waals surface area contributed by atoms with Crippen molar-refractivity contribution in [1.29, 1.82) is 0 Å². The molecule has 2 aromatic rings. The number of esters is 1. The number of hydrogen-bond acceptors (Lipinski definition) is 5. The van der Waals surface area contributed by atoms with E-state index in [1.54, 1.807) is 20.2 Å². The van der Waals surface area contributed by atoms with E-state index in [9.17, 15) is 4.79 Å². The molecule has 0 saturated carbocycles. The molecule has 1 aromatic carbocycles. The first kappa shape index (κ1) is 14.1. The van der Waals surface area contributed by atoms with Gasteiger partial charge in [0.1, 0.15) is 11.6 Å². The number of carbonyl (C=O) groups excluding carboxylic acids is 1. The van der Waals surface area contributed by atoms with Crippen LogP contribution in [0, 0.1) is 0 Å². The third-order valence-electron chi connectivity index (χ3n) is 2.90. The zero-order valence-corrected chi connectivity index (χ0v) is 11.7. The van der Waals surface area contributed by atoms with Crippen molar-refractivity contribution < 1.29 is 14.3 Å². The summed E-state index contributed by atoms with van der Waals surface area (Å²) >= 11 is 0. The van der Waals surface area contributed by atoms with Gasteiger partial charge in [-0.1, -0.05) is 0 Å². The van der Waals surface area contributed by atoms with Gasteiger partial charge in [0.05, 0.1) is 20.1 Å². The van der Waals surface area contributed by atoms with Crippen molar-refractivity contribution in [2.45, 2.75) is 13.3 Å². The second kappa shape index (κ2) is 6.75. The molecule has 0 spiro atoms. The number of anilines is 1. The number of hydrogen-bond donors (Lipinski definition) is 1. The van der Waals surface area contributed by atoms with Crippen LogP contribution in [0.25, 0.3) is 10.8 Å². The van der Waals surface area contributed by atoms with Crippen LogP contribution in [0.2, 0.25) is 0 Å². The maximum absolute atomic E-state index is 11.3. The predicted molar refractivity (Wildman–Crippen MR) is 78.0 cm³/mol. The first-order valence-electron chi connectivity index (χ1n) is 6.57. The maximum Gasteiger partial charge on any atom is 0.307 e. The predicted octanol–water partition coefficient (Wildman–Crippen LogP) is 2.61. The third-order valence-corrected chi connectivity index (χ3v) is 2.90. The number of nitrogens with zero attached hydrogens (tertiary/aromatic N) is 1. The molecule has 1 N–H and O–H groups in total. The number of rotatable bonds is 6. The minimum atomic E-state index is -0.207. The number of pyridine rings is 1. The number of aromatic nitrogens is 1. The molecule has 0 aliphatic rings. The van der Waals surface area contributed by atoms with Gasteiger partial charge in [0.2, 0.25) is 0 Å². The van der Waals surface area contributed by atoms with Crippen LogP contribution >= 0.6 is 0 Å². The van der Waals surface area contributed by atoms with Gasteiger partial charge in [-0.15, -0.1) is 0 Å². The summed E-state index contributed by atoms with van der Waals surface area (Å²) in [7, 11) is 1.64. The Morgan fingerprint density at radius 2 is 2.20 bits per heavy atom. The zero-order chi connectivity index (χ0) is 14.4. The molecule has 5 heteroatoms. The fourth-order valence-corrected chi connectivity index (χ4v) is 1.94. The Bertz CT molecular complexity index is 599. The Labute approximate surface area is 117 Å². The van der Waals surface area contributed by atoms with E-state index < -0.39 is 0 Å². The van der Waals surface area contributed by atoms with Crippen LogP contribution in [-0.2, 0) is 9.53 Å². The second-order valence-electron chi connectivity index (χ2n) is 4.23. The van der Waals surface area contributed by atoms with Gasteiger partial charge in [0.25, 0.3) is 0 Å². The van der Waals surface area contributed by atoms with E-state index in [0.717, 1.165) is 22.3 Å². The summed E-state index contributed by atoms with van der Waals surface area (Å²) in [6.45, 7) is 2.70. The SMILES string of the molecule is CCOC(=O)CCNc1nccc2cc(OC)ccc12. The summed E-state index contributed by atoms with van der Waals surface area (Å²) in [6, 6.07) is 7.72. The monoisotopic (exact) mass is 274 g/mol. The van der Waals surface area contributed by atoms with Crippen molar-refractivity contribution in [3.8, 4) is 5.75 Å². The first-order chi connectivity index (χ1) is 9.74. The lowest BCUT2D eigenvalue weighted by atomic mass is 10.1. The Kier molecular flexibility index (Phi) is 4.76. The van der Waals surface area contributed by atoms with Crippen molar-refractivity contribution >= 4 is 22.6 Å². The van der Waals surface area contributed by atoms with Gasteiger partial charge in [0.15, 0.2) is 0 Å². The van der Waals surface area contributed by atoms with Gasteiger partial charge in [-0.2, -0.15) is 0 Å². The quantitative estimate of drug-likeness (QED) is 0.820. The van der Waals surface area contributed by atoms with Crippen LogP contribution in [-0.4, -0.2) is 31.2 Å². The lowest BCUT2D eigenvalue weighted by Gasteiger charge is -2.09. The molecule has 0 fully saturated rings.